The summed E-state index contributed by atoms with van der Waals surface area (Å²) in [6, 6.07) is 4.80. The van der Waals surface area contributed by atoms with E-state index in [9.17, 15) is 36.3 Å². The Hall–Kier alpha value is -2.63. The lowest BCUT2D eigenvalue weighted by Crippen LogP contribution is -2.55. The van der Waals surface area contributed by atoms with Crippen LogP contribution in [-0.4, -0.2) is 42.7 Å². The average Bonchev–Trinajstić information content (AvgIpc) is 3.01. The number of amides is 2. The first kappa shape index (κ1) is 28.4. The highest BCUT2D eigenvalue weighted by molar-refractivity contribution is 7.92. The van der Waals surface area contributed by atoms with Crippen molar-refractivity contribution in [1.29, 1.82) is 0 Å². The molecule has 0 spiro atoms. The minimum Gasteiger partial charge on any atom is -0.387 e. The number of hydrogen-bond acceptors (Lipinski definition) is 5. The van der Waals surface area contributed by atoms with Crippen LogP contribution < -0.4 is 10.6 Å². The summed E-state index contributed by atoms with van der Waals surface area (Å²) < 4.78 is 67.5. The normalized spacial score (nSPS) is 24.9. The molecule has 2 aromatic rings. The highest BCUT2D eigenvalue weighted by Crippen LogP contribution is 2.52. The van der Waals surface area contributed by atoms with Crippen molar-refractivity contribution in [2.24, 2.45) is 17.8 Å². The summed E-state index contributed by atoms with van der Waals surface area (Å²) in [6.45, 7) is 3.53. The summed E-state index contributed by atoms with van der Waals surface area (Å²) in [4.78, 5) is 24.5. The molecule has 2 aliphatic rings. The van der Waals surface area contributed by atoms with Gasteiger partial charge >= 0.3 is 0 Å². The minimum atomic E-state index is -4.04. The van der Waals surface area contributed by atoms with Crippen LogP contribution in [0.25, 0.3) is 0 Å². The molecule has 0 aromatic heterocycles. The molecular formula is C26H28ClF3N2O5S. The highest BCUT2D eigenvalue weighted by Gasteiger charge is 2.55. The molecule has 3 N–H and O–H groups in total. The number of sulfone groups is 1. The van der Waals surface area contributed by atoms with Crippen molar-refractivity contribution in [3.05, 3.63) is 58.4 Å². The quantitative estimate of drug-likeness (QED) is 0.424. The van der Waals surface area contributed by atoms with Crippen LogP contribution in [0.3, 0.4) is 0 Å². The maximum Gasteiger partial charge on any atom is 0.255 e. The van der Waals surface area contributed by atoms with E-state index in [-0.39, 0.29) is 64.2 Å². The first-order valence-corrected chi connectivity index (χ1v) is 14.2. The topological polar surface area (TPSA) is 113 Å². The molecule has 0 aliphatic heterocycles. The molecule has 4 rings (SSSR count). The van der Waals surface area contributed by atoms with Gasteiger partial charge in [-0.1, -0.05) is 25.4 Å². The fourth-order valence-electron chi connectivity index (χ4n) is 5.46. The van der Waals surface area contributed by atoms with Gasteiger partial charge in [-0.15, -0.1) is 0 Å². The highest BCUT2D eigenvalue weighted by atomic mass is 35.5. The lowest BCUT2D eigenvalue weighted by Gasteiger charge is -2.42. The van der Waals surface area contributed by atoms with Crippen molar-refractivity contribution < 1.29 is 36.3 Å². The smallest absolute Gasteiger partial charge is 0.255 e. The molecule has 2 bridgehead atoms. The van der Waals surface area contributed by atoms with Crippen LogP contribution >= 0.6 is 11.6 Å². The number of nitrogens with one attached hydrogen (secondary N) is 2. The van der Waals surface area contributed by atoms with Gasteiger partial charge < -0.3 is 15.7 Å². The van der Waals surface area contributed by atoms with E-state index in [1.807, 2.05) is 0 Å². The van der Waals surface area contributed by atoms with Crippen molar-refractivity contribution in [3.8, 4) is 0 Å². The first-order valence-electron chi connectivity index (χ1n) is 12.2. The van der Waals surface area contributed by atoms with E-state index in [1.165, 1.54) is 12.1 Å². The van der Waals surface area contributed by atoms with Crippen LogP contribution in [0.1, 0.15) is 49.9 Å². The van der Waals surface area contributed by atoms with Crippen LogP contribution in [0, 0.1) is 35.2 Å². The fraction of sp³-hybridized carbons (Fsp3) is 0.462. The van der Waals surface area contributed by atoms with Crippen molar-refractivity contribution in [1.82, 2.24) is 5.32 Å². The molecule has 7 nitrogen and oxygen atoms in total. The molecule has 2 aliphatic carbocycles. The molecule has 1 unspecified atom stereocenters. The molecule has 12 heteroatoms. The predicted octanol–water partition coefficient (Wildman–Crippen LogP) is 4.48. The maximum absolute atomic E-state index is 13.6. The number of aliphatic hydroxyl groups is 1. The lowest BCUT2D eigenvalue weighted by molar-refractivity contribution is -0.127. The predicted molar refractivity (Wildman–Crippen MR) is 135 cm³/mol. The number of anilines is 1. The van der Waals surface area contributed by atoms with E-state index < -0.39 is 44.0 Å². The Morgan fingerprint density at radius 1 is 1.08 bits per heavy atom. The van der Waals surface area contributed by atoms with Gasteiger partial charge in [0.25, 0.3) is 5.91 Å². The Labute approximate surface area is 223 Å². The van der Waals surface area contributed by atoms with Gasteiger partial charge in [0.1, 0.15) is 0 Å². The molecule has 38 heavy (non-hydrogen) atoms. The molecule has 4 atom stereocenters. The third kappa shape index (κ3) is 5.28. The van der Waals surface area contributed by atoms with Crippen molar-refractivity contribution in [2.75, 3.05) is 11.9 Å². The van der Waals surface area contributed by atoms with Gasteiger partial charge in [-0.25, -0.2) is 21.6 Å². The average molecular weight is 573 g/mol. The standard InChI is InChI=1S/C26H28ClF3N2O5S/c1-13(2)24(33)31-12-26(35)15-4-5-16(26)9-18(8-15)38(36,37)22-7-14(3-6-19(22)27)25(34)32-17-10-20(28)23(30)21(29)11-17/h3,6-7,10-11,13,15-16,18,35H,4-5,8-9,12H2,1-2H3,(H,31,33)(H,32,34)/t15-,16?,18-,26-/m0/s1. The second-order valence-corrected chi connectivity index (χ2v) is 12.9. The van der Waals surface area contributed by atoms with Crippen LogP contribution in [0.2, 0.25) is 5.02 Å². The van der Waals surface area contributed by atoms with Crippen LogP contribution in [0.5, 0.6) is 0 Å². The van der Waals surface area contributed by atoms with Gasteiger partial charge in [0, 0.05) is 35.8 Å². The summed E-state index contributed by atoms with van der Waals surface area (Å²) in [5, 5.41) is 15.4. The molecule has 0 radical (unpaired) electrons. The van der Waals surface area contributed by atoms with Crippen LogP contribution in [0.4, 0.5) is 18.9 Å². The molecule has 0 saturated heterocycles. The fourth-order valence-corrected chi connectivity index (χ4v) is 7.86. The largest absolute Gasteiger partial charge is 0.387 e. The Kier molecular flexibility index (Phi) is 7.84. The van der Waals surface area contributed by atoms with Gasteiger partial charge in [-0.05, 0) is 55.7 Å². The molecule has 206 valence electrons. The Bertz CT molecular complexity index is 1350. The van der Waals surface area contributed by atoms with Crippen molar-refractivity contribution >= 4 is 38.9 Å². The summed E-state index contributed by atoms with van der Waals surface area (Å²) >= 11 is 6.23. The monoisotopic (exact) mass is 572 g/mol. The number of halogens is 4. The molecule has 2 saturated carbocycles. The van der Waals surface area contributed by atoms with E-state index in [2.05, 4.69) is 10.6 Å². The number of benzene rings is 2. The molecular weight excluding hydrogens is 545 g/mol. The molecule has 0 heterocycles. The van der Waals surface area contributed by atoms with Gasteiger partial charge in [0.05, 0.1) is 20.8 Å². The van der Waals surface area contributed by atoms with E-state index >= 15 is 0 Å². The second kappa shape index (κ2) is 10.5. The van der Waals surface area contributed by atoms with E-state index in [0.29, 0.717) is 25.0 Å². The third-order valence-electron chi connectivity index (χ3n) is 7.62. The van der Waals surface area contributed by atoms with Crippen molar-refractivity contribution in [2.45, 2.75) is 55.3 Å². The summed E-state index contributed by atoms with van der Waals surface area (Å²) in [6.07, 6.45) is 1.55. The molecule has 2 fully saturated rings. The minimum absolute atomic E-state index is 0.0487. The summed E-state index contributed by atoms with van der Waals surface area (Å²) in [5.41, 5.74) is -1.69. The van der Waals surface area contributed by atoms with E-state index in [1.54, 1.807) is 13.8 Å². The van der Waals surface area contributed by atoms with Gasteiger partial charge in [0.2, 0.25) is 5.91 Å². The van der Waals surface area contributed by atoms with Crippen LogP contribution in [0.15, 0.2) is 35.2 Å². The Morgan fingerprint density at radius 2 is 1.66 bits per heavy atom. The van der Waals surface area contributed by atoms with Gasteiger partial charge in [-0.2, -0.15) is 0 Å². The molecule has 2 amide bonds. The zero-order valence-electron chi connectivity index (χ0n) is 20.7. The first-order chi connectivity index (χ1) is 17.7. The van der Waals surface area contributed by atoms with Crippen molar-refractivity contribution in [3.63, 3.8) is 0 Å². The van der Waals surface area contributed by atoms with Crippen LogP contribution in [-0.2, 0) is 14.6 Å². The summed E-state index contributed by atoms with van der Waals surface area (Å²) in [5.74, 6) is -6.67. The SMILES string of the molecule is CC(C)C(=O)NC[C@@]1(O)C2CC[C@H]1C[C@H](S(=O)(=O)c1cc(C(=O)Nc3cc(F)c(F)c(F)c3)ccc1Cl)C2. The van der Waals surface area contributed by atoms with E-state index in [4.69, 9.17) is 11.6 Å². The number of carbonyl (C=O) groups excluding carboxylic acids is 2. The maximum atomic E-state index is 13.6. The lowest BCUT2D eigenvalue weighted by atomic mass is 9.74. The number of hydrogen-bond donors (Lipinski definition) is 3. The zero-order valence-corrected chi connectivity index (χ0v) is 22.3. The number of rotatable bonds is 7. The van der Waals surface area contributed by atoms with Gasteiger partial charge in [0.15, 0.2) is 27.3 Å². The molecule has 2 aromatic carbocycles. The Morgan fingerprint density at radius 3 is 2.21 bits per heavy atom. The second-order valence-electron chi connectivity index (χ2n) is 10.3. The van der Waals surface area contributed by atoms with E-state index in [0.717, 1.165) is 6.07 Å². The van der Waals surface area contributed by atoms with Gasteiger partial charge in [-0.3, -0.25) is 9.59 Å². The Balaban J connectivity index is 1.54. The number of fused-ring (bicyclic) bond motifs is 2. The zero-order chi connectivity index (χ0) is 28.0. The number of carbonyl (C=O) groups is 2. The summed E-state index contributed by atoms with van der Waals surface area (Å²) in [7, 11) is -4.04. The third-order valence-corrected chi connectivity index (χ3v) is 10.3.